The summed E-state index contributed by atoms with van der Waals surface area (Å²) >= 11 is 1.52. The minimum atomic E-state index is -1.04. The molecule has 5 rings (SSSR count). The first kappa shape index (κ1) is 26.8. The van der Waals surface area contributed by atoms with Gasteiger partial charge in [-0.15, -0.1) is 11.3 Å². The summed E-state index contributed by atoms with van der Waals surface area (Å²) in [5.41, 5.74) is 3.56. The Labute approximate surface area is 225 Å². The molecular formula is C28H31BFNO6S. The van der Waals surface area contributed by atoms with E-state index in [0.29, 0.717) is 31.4 Å². The van der Waals surface area contributed by atoms with Crippen molar-refractivity contribution in [2.75, 3.05) is 13.7 Å². The molecule has 10 heteroatoms. The van der Waals surface area contributed by atoms with Crippen LogP contribution in [-0.2, 0) is 25.5 Å². The molecule has 2 aromatic rings. The van der Waals surface area contributed by atoms with Gasteiger partial charge in [-0.3, -0.25) is 14.5 Å². The lowest BCUT2D eigenvalue weighted by Gasteiger charge is -2.43. The van der Waals surface area contributed by atoms with Gasteiger partial charge in [0.05, 0.1) is 31.1 Å². The Hall–Kier alpha value is -2.79. The molecule has 0 unspecified atom stereocenters. The summed E-state index contributed by atoms with van der Waals surface area (Å²) in [6, 6.07) is 8.07. The van der Waals surface area contributed by atoms with Crippen LogP contribution in [0, 0.1) is 23.6 Å². The van der Waals surface area contributed by atoms with E-state index in [1.165, 1.54) is 28.4 Å². The molecule has 7 nitrogen and oxygen atoms in total. The van der Waals surface area contributed by atoms with Crippen molar-refractivity contribution >= 4 is 36.3 Å². The van der Waals surface area contributed by atoms with Gasteiger partial charge in [-0.25, -0.2) is 4.39 Å². The third kappa shape index (κ3) is 5.23. The molecule has 2 amide bonds. The standard InChI is InChI=1S/C28H31BFNO6S/c1-16(10-17-6-7-23(32)22(30)11-17)5-8-24-25-18(15-36-2)12-20-26(21(25)13-29(35)37-24)28(34)31(27(20)33)14-19-4-3-9-38-19/h3-4,6-7,9-11,20-21,24,26,32,35H,5,8,12-15H2,1-2H3/b16-10+/t20-,21+,24-,26-/m1/s1. The van der Waals surface area contributed by atoms with Crippen LogP contribution >= 0.6 is 11.3 Å². The molecule has 4 atom stereocenters. The van der Waals surface area contributed by atoms with Gasteiger partial charge in [-0.1, -0.05) is 23.8 Å². The average Bonchev–Trinajstić information content (AvgIpc) is 3.48. The zero-order chi connectivity index (χ0) is 27.0. The number of amides is 2. The van der Waals surface area contributed by atoms with Gasteiger partial charge in [0.15, 0.2) is 11.6 Å². The SMILES string of the molecule is COCC1=C2[C@@H](CC/C(C)=C/c3ccc(O)c(F)c3)OB(O)C[C@@H]2[C@@H]2C(=O)N(Cc3cccs3)C(=O)[C@@H]2C1. The van der Waals surface area contributed by atoms with Gasteiger partial charge in [0.25, 0.3) is 0 Å². The number of likely N-dealkylation sites (tertiary alicyclic amines) is 1. The van der Waals surface area contributed by atoms with Gasteiger partial charge in [0.1, 0.15) is 0 Å². The van der Waals surface area contributed by atoms with Crippen LogP contribution in [0.3, 0.4) is 0 Å². The second kappa shape index (κ2) is 11.1. The Bertz CT molecular complexity index is 1280. The molecule has 1 aliphatic carbocycles. The van der Waals surface area contributed by atoms with Gasteiger partial charge < -0.3 is 19.5 Å². The van der Waals surface area contributed by atoms with E-state index in [1.807, 2.05) is 30.5 Å². The first-order valence-corrected chi connectivity index (χ1v) is 13.7. The minimum absolute atomic E-state index is 0.154. The number of benzene rings is 1. The summed E-state index contributed by atoms with van der Waals surface area (Å²) in [5.74, 6) is -2.67. The highest BCUT2D eigenvalue weighted by molar-refractivity contribution is 7.09. The van der Waals surface area contributed by atoms with Gasteiger partial charge in [0.2, 0.25) is 11.8 Å². The topological polar surface area (TPSA) is 96.3 Å². The van der Waals surface area contributed by atoms with Crippen LogP contribution in [0.4, 0.5) is 4.39 Å². The Morgan fingerprint density at radius 2 is 2.11 bits per heavy atom. The molecule has 3 aliphatic rings. The van der Waals surface area contributed by atoms with E-state index in [-0.39, 0.29) is 30.6 Å². The Morgan fingerprint density at radius 1 is 1.29 bits per heavy atom. The predicted octanol–water partition coefficient (Wildman–Crippen LogP) is 4.42. The van der Waals surface area contributed by atoms with Crippen LogP contribution in [0.1, 0.15) is 36.6 Å². The van der Waals surface area contributed by atoms with Crippen molar-refractivity contribution in [1.82, 2.24) is 4.90 Å². The predicted molar refractivity (Wildman–Crippen MR) is 142 cm³/mol. The lowest BCUT2D eigenvalue weighted by Crippen LogP contribution is -2.46. The second-order valence-electron chi connectivity index (χ2n) is 10.3. The van der Waals surface area contributed by atoms with Crippen molar-refractivity contribution in [1.29, 1.82) is 0 Å². The molecule has 200 valence electrons. The maximum Gasteiger partial charge on any atom is 0.455 e. The molecule has 0 saturated carbocycles. The fourth-order valence-electron chi connectivity index (χ4n) is 6.18. The Balaban J connectivity index is 1.39. The summed E-state index contributed by atoms with van der Waals surface area (Å²) < 4.78 is 25.3. The number of fused-ring (bicyclic) bond motifs is 3. The third-order valence-corrected chi connectivity index (χ3v) is 8.66. The van der Waals surface area contributed by atoms with Crippen molar-refractivity contribution in [3.63, 3.8) is 0 Å². The number of methoxy groups -OCH3 is 1. The molecule has 1 aromatic heterocycles. The Morgan fingerprint density at radius 3 is 2.82 bits per heavy atom. The lowest BCUT2D eigenvalue weighted by atomic mass is 9.58. The maximum atomic E-state index is 13.8. The van der Waals surface area contributed by atoms with E-state index < -0.39 is 36.6 Å². The molecule has 0 bridgehead atoms. The number of allylic oxidation sites excluding steroid dienone is 1. The number of halogens is 1. The number of imide groups is 1. The smallest absolute Gasteiger partial charge is 0.455 e. The first-order chi connectivity index (χ1) is 18.3. The van der Waals surface area contributed by atoms with Crippen LogP contribution in [0.15, 0.2) is 52.4 Å². The van der Waals surface area contributed by atoms with Gasteiger partial charge in [-0.05, 0) is 78.7 Å². The molecule has 0 radical (unpaired) electrons. The number of phenols is 1. The molecule has 2 N–H and O–H groups in total. The normalized spacial score (nSPS) is 25.7. The van der Waals surface area contributed by atoms with Crippen molar-refractivity contribution in [3.05, 3.63) is 68.7 Å². The lowest BCUT2D eigenvalue weighted by molar-refractivity contribution is -0.140. The highest BCUT2D eigenvalue weighted by atomic mass is 32.1. The summed E-state index contributed by atoms with van der Waals surface area (Å²) in [7, 11) is 0.567. The molecule has 0 spiro atoms. The number of carbonyl (C=O) groups is 2. The van der Waals surface area contributed by atoms with Gasteiger partial charge in [-0.2, -0.15) is 0 Å². The first-order valence-electron chi connectivity index (χ1n) is 12.8. The summed E-state index contributed by atoms with van der Waals surface area (Å²) in [6.07, 6.45) is 3.28. The number of phenolic OH excluding ortho intramolecular Hbond substituents is 1. The van der Waals surface area contributed by atoms with Crippen molar-refractivity contribution in [2.24, 2.45) is 17.8 Å². The zero-order valence-electron chi connectivity index (χ0n) is 21.4. The Kier molecular flexibility index (Phi) is 7.86. The number of hydrogen-bond acceptors (Lipinski definition) is 7. The fourth-order valence-corrected chi connectivity index (χ4v) is 6.87. The van der Waals surface area contributed by atoms with Crippen molar-refractivity contribution < 1.29 is 33.5 Å². The number of carbonyl (C=O) groups excluding carboxylic acids is 2. The monoisotopic (exact) mass is 539 g/mol. The number of aromatic hydroxyl groups is 1. The summed E-state index contributed by atoms with van der Waals surface area (Å²) in [5, 5.41) is 22.0. The largest absolute Gasteiger partial charge is 0.505 e. The molecule has 38 heavy (non-hydrogen) atoms. The second-order valence-corrected chi connectivity index (χ2v) is 11.4. The molecule has 2 aliphatic heterocycles. The van der Waals surface area contributed by atoms with Crippen LogP contribution in [0.25, 0.3) is 6.08 Å². The average molecular weight is 539 g/mol. The van der Waals surface area contributed by atoms with Crippen LogP contribution in [-0.4, -0.2) is 53.8 Å². The molecule has 2 fully saturated rings. The van der Waals surface area contributed by atoms with Gasteiger partial charge >= 0.3 is 7.12 Å². The third-order valence-electron chi connectivity index (χ3n) is 7.80. The molecule has 3 heterocycles. The summed E-state index contributed by atoms with van der Waals surface area (Å²) in [4.78, 5) is 29.3. The number of nitrogens with zero attached hydrogens (tertiary/aromatic N) is 1. The maximum absolute atomic E-state index is 13.8. The van der Waals surface area contributed by atoms with Crippen LogP contribution in [0.5, 0.6) is 5.75 Å². The molecule has 2 saturated heterocycles. The zero-order valence-corrected chi connectivity index (χ0v) is 22.2. The number of ether oxygens (including phenoxy) is 1. The molecule has 1 aromatic carbocycles. The quantitative estimate of drug-likeness (QED) is 0.293. The summed E-state index contributed by atoms with van der Waals surface area (Å²) in [6.45, 7) is 2.54. The van der Waals surface area contributed by atoms with Crippen molar-refractivity contribution in [2.45, 2.75) is 45.2 Å². The van der Waals surface area contributed by atoms with E-state index in [1.54, 1.807) is 13.2 Å². The number of thiophene rings is 1. The van der Waals surface area contributed by atoms with E-state index >= 15 is 0 Å². The van der Waals surface area contributed by atoms with E-state index in [2.05, 4.69) is 0 Å². The fraction of sp³-hybridized carbons (Fsp3) is 0.429. The minimum Gasteiger partial charge on any atom is -0.505 e. The highest BCUT2D eigenvalue weighted by Crippen LogP contribution is 2.51. The van der Waals surface area contributed by atoms with E-state index in [0.717, 1.165) is 21.6 Å². The van der Waals surface area contributed by atoms with Crippen LogP contribution < -0.4 is 0 Å². The number of hydrogen-bond donors (Lipinski definition) is 2. The highest BCUT2D eigenvalue weighted by Gasteiger charge is 2.57. The number of rotatable bonds is 8. The van der Waals surface area contributed by atoms with Gasteiger partial charge in [0, 0.05) is 12.0 Å². The van der Waals surface area contributed by atoms with Crippen LogP contribution in [0.2, 0.25) is 6.32 Å². The van der Waals surface area contributed by atoms with E-state index in [9.17, 15) is 24.1 Å². The molecular weight excluding hydrogens is 508 g/mol. The van der Waals surface area contributed by atoms with Crippen molar-refractivity contribution in [3.8, 4) is 5.75 Å². The van der Waals surface area contributed by atoms with E-state index in [4.69, 9.17) is 9.39 Å².